The van der Waals surface area contributed by atoms with Crippen molar-refractivity contribution < 1.29 is 14.4 Å². The van der Waals surface area contributed by atoms with Crippen molar-refractivity contribution in [2.45, 2.75) is 57.3 Å². The lowest BCUT2D eigenvalue weighted by molar-refractivity contribution is -0.136. The van der Waals surface area contributed by atoms with Gasteiger partial charge >= 0.3 is 0 Å². The highest BCUT2D eigenvalue weighted by Crippen LogP contribution is 2.28. The lowest BCUT2D eigenvalue weighted by Crippen LogP contribution is -2.52. The van der Waals surface area contributed by atoms with Gasteiger partial charge in [-0.2, -0.15) is 0 Å². The molecule has 2 aliphatic heterocycles. The van der Waals surface area contributed by atoms with E-state index in [1.807, 2.05) is 12.1 Å². The number of nitrogens with zero attached hydrogens (tertiary/aromatic N) is 1. The minimum absolute atomic E-state index is 0.120. The fourth-order valence-electron chi connectivity index (χ4n) is 3.78. The molecule has 0 bridgehead atoms. The van der Waals surface area contributed by atoms with Gasteiger partial charge in [0.05, 0.1) is 0 Å². The van der Waals surface area contributed by atoms with Crippen LogP contribution in [0.15, 0.2) is 18.2 Å². The fourth-order valence-corrected chi connectivity index (χ4v) is 3.78. The molecule has 4 rings (SSSR count). The Balaban J connectivity index is 1.30. The van der Waals surface area contributed by atoms with Crippen LogP contribution in [0.2, 0.25) is 0 Å². The van der Waals surface area contributed by atoms with Crippen LogP contribution in [0.1, 0.15) is 53.6 Å². The van der Waals surface area contributed by atoms with Gasteiger partial charge in [0.1, 0.15) is 6.04 Å². The summed E-state index contributed by atoms with van der Waals surface area (Å²) in [6.07, 6.45) is 4.41. The molecule has 7 nitrogen and oxygen atoms in total. The maximum absolute atomic E-state index is 12.7. The first-order valence-corrected chi connectivity index (χ1v) is 9.82. The maximum atomic E-state index is 12.7. The Hall–Kier alpha value is -2.25. The van der Waals surface area contributed by atoms with Crippen molar-refractivity contribution in [1.82, 2.24) is 20.9 Å². The van der Waals surface area contributed by atoms with Gasteiger partial charge in [-0.1, -0.05) is 12.1 Å². The highest BCUT2D eigenvalue weighted by molar-refractivity contribution is 6.05. The molecular weight excluding hydrogens is 344 g/mol. The Bertz CT molecular complexity index is 760. The summed E-state index contributed by atoms with van der Waals surface area (Å²) in [6, 6.07) is 6.08. The van der Waals surface area contributed by atoms with Crippen LogP contribution in [0.5, 0.6) is 0 Å². The lowest BCUT2D eigenvalue weighted by Gasteiger charge is -2.29. The van der Waals surface area contributed by atoms with Gasteiger partial charge in [-0.3, -0.25) is 19.7 Å². The van der Waals surface area contributed by atoms with Gasteiger partial charge < -0.3 is 15.5 Å². The average molecular weight is 370 g/mol. The number of imide groups is 1. The van der Waals surface area contributed by atoms with Crippen molar-refractivity contribution in [3.05, 3.63) is 34.9 Å². The van der Waals surface area contributed by atoms with Gasteiger partial charge in [0, 0.05) is 31.1 Å². The third-order valence-electron chi connectivity index (χ3n) is 5.46. The summed E-state index contributed by atoms with van der Waals surface area (Å²) in [7, 11) is 0. The van der Waals surface area contributed by atoms with Crippen molar-refractivity contribution in [1.29, 1.82) is 0 Å². The van der Waals surface area contributed by atoms with Gasteiger partial charge in [0.2, 0.25) is 11.8 Å². The van der Waals surface area contributed by atoms with E-state index in [1.165, 1.54) is 12.8 Å². The SMILES string of the molecule is O=C1CCC(N2Cc3cc(CNCCCNC4CC4)ccc3C2=O)C(=O)N1. The summed E-state index contributed by atoms with van der Waals surface area (Å²) < 4.78 is 0. The van der Waals surface area contributed by atoms with E-state index in [1.54, 1.807) is 4.90 Å². The Kier molecular flexibility index (Phi) is 5.22. The molecule has 1 saturated carbocycles. The quantitative estimate of drug-likeness (QED) is 0.462. The molecule has 3 aliphatic rings. The van der Waals surface area contributed by atoms with Crippen molar-refractivity contribution in [2.75, 3.05) is 13.1 Å². The molecular formula is C20H26N4O3. The van der Waals surface area contributed by atoms with E-state index >= 15 is 0 Å². The van der Waals surface area contributed by atoms with Crippen LogP contribution in [-0.2, 0) is 22.7 Å². The van der Waals surface area contributed by atoms with Crippen LogP contribution in [0.3, 0.4) is 0 Å². The van der Waals surface area contributed by atoms with E-state index in [9.17, 15) is 14.4 Å². The Morgan fingerprint density at radius 3 is 2.74 bits per heavy atom. The molecule has 27 heavy (non-hydrogen) atoms. The van der Waals surface area contributed by atoms with Gasteiger partial charge in [0.15, 0.2) is 0 Å². The van der Waals surface area contributed by atoms with E-state index in [4.69, 9.17) is 0 Å². The summed E-state index contributed by atoms with van der Waals surface area (Å²) in [5.41, 5.74) is 2.76. The Morgan fingerprint density at radius 1 is 1.11 bits per heavy atom. The summed E-state index contributed by atoms with van der Waals surface area (Å²) in [4.78, 5) is 37.7. The molecule has 2 heterocycles. The number of carbonyl (C=O) groups excluding carboxylic acids is 3. The number of nitrogens with one attached hydrogen (secondary N) is 3. The van der Waals surface area contributed by atoms with Crippen molar-refractivity contribution in [3.8, 4) is 0 Å². The zero-order valence-electron chi connectivity index (χ0n) is 15.4. The summed E-state index contributed by atoms with van der Waals surface area (Å²) in [5.74, 6) is -0.750. The maximum Gasteiger partial charge on any atom is 0.255 e. The highest BCUT2D eigenvalue weighted by Gasteiger charge is 2.38. The van der Waals surface area contributed by atoms with E-state index in [0.29, 0.717) is 18.5 Å². The zero-order valence-corrected chi connectivity index (χ0v) is 15.4. The largest absolute Gasteiger partial charge is 0.322 e. The van der Waals surface area contributed by atoms with Crippen LogP contribution in [0, 0.1) is 0 Å². The van der Waals surface area contributed by atoms with Gasteiger partial charge in [-0.25, -0.2) is 0 Å². The number of rotatable bonds is 8. The van der Waals surface area contributed by atoms with E-state index < -0.39 is 6.04 Å². The molecule has 1 aromatic carbocycles. The first kappa shape index (κ1) is 18.1. The molecule has 1 unspecified atom stereocenters. The zero-order chi connectivity index (χ0) is 18.8. The second kappa shape index (κ2) is 7.78. The minimum Gasteiger partial charge on any atom is -0.322 e. The molecule has 1 saturated heterocycles. The van der Waals surface area contributed by atoms with E-state index in [0.717, 1.165) is 43.2 Å². The number of piperidine rings is 1. The van der Waals surface area contributed by atoms with Gasteiger partial charge in [-0.15, -0.1) is 0 Å². The normalized spacial score (nSPS) is 22.1. The number of fused-ring (bicyclic) bond motifs is 1. The molecule has 2 fully saturated rings. The standard InChI is InChI=1S/C20H26N4O3/c25-18-7-6-17(19(26)23-18)24-12-14-10-13(2-5-16(14)20(24)27)11-21-8-1-9-22-15-3-4-15/h2,5,10,15,17,21-22H,1,3-4,6-9,11-12H2,(H,23,25,26). The third-order valence-corrected chi connectivity index (χ3v) is 5.46. The predicted molar refractivity (Wildman–Crippen MR) is 99.8 cm³/mol. The lowest BCUT2D eigenvalue weighted by atomic mass is 10.0. The third kappa shape index (κ3) is 4.20. The molecule has 1 atom stereocenters. The molecule has 0 spiro atoms. The van der Waals surface area contributed by atoms with Crippen molar-refractivity contribution >= 4 is 17.7 Å². The summed E-state index contributed by atoms with van der Waals surface area (Å²) >= 11 is 0. The Morgan fingerprint density at radius 2 is 1.96 bits per heavy atom. The van der Waals surface area contributed by atoms with E-state index in [-0.39, 0.29) is 24.1 Å². The molecule has 0 radical (unpaired) electrons. The van der Waals surface area contributed by atoms with Crippen LogP contribution in [0.4, 0.5) is 0 Å². The summed E-state index contributed by atoms with van der Waals surface area (Å²) in [5, 5.41) is 9.28. The van der Waals surface area contributed by atoms with Crippen molar-refractivity contribution in [2.24, 2.45) is 0 Å². The topological polar surface area (TPSA) is 90.5 Å². The second-order valence-electron chi connectivity index (χ2n) is 7.65. The van der Waals surface area contributed by atoms with E-state index in [2.05, 4.69) is 22.0 Å². The number of amides is 3. The monoisotopic (exact) mass is 370 g/mol. The molecule has 7 heteroatoms. The van der Waals surface area contributed by atoms with Crippen LogP contribution < -0.4 is 16.0 Å². The fraction of sp³-hybridized carbons (Fsp3) is 0.550. The Labute approximate surface area is 158 Å². The van der Waals surface area contributed by atoms with Crippen molar-refractivity contribution in [3.63, 3.8) is 0 Å². The molecule has 1 aliphatic carbocycles. The van der Waals surface area contributed by atoms with Crippen LogP contribution in [0.25, 0.3) is 0 Å². The molecule has 0 aromatic heterocycles. The van der Waals surface area contributed by atoms with Crippen LogP contribution in [-0.4, -0.2) is 47.8 Å². The smallest absolute Gasteiger partial charge is 0.255 e. The number of carbonyl (C=O) groups is 3. The molecule has 3 amide bonds. The molecule has 144 valence electrons. The van der Waals surface area contributed by atoms with Crippen LogP contribution >= 0.6 is 0 Å². The number of hydrogen-bond donors (Lipinski definition) is 3. The number of hydrogen-bond acceptors (Lipinski definition) is 5. The highest BCUT2D eigenvalue weighted by atomic mass is 16.2. The second-order valence-corrected chi connectivity index (χ2v) is 7.65. The molecule has 1 aromatic rings. The molecule has 3 N–H and O–H groups in total. The number of benzene rings is 1. The van der Waals surface area contributed by atoms with Gasteiger partial charge in [0.25, 0.3) is 5.91 Å². The average Bonchev–Trinajstić information content (AvgIpc) is 3.42. The first-order valence-electron chi connectivity index (χ1n) is 9.82. The van der Waals surface area contributed by atoms with Gasteiger partial charge in [-0.05, 0) is 56.0 Å². The minimum atomic E-state index is -0.553. The summed E-state index contributed by atoms with van der Waals surface area (Å²) in [6.45, 7) is 3.21. The first-order chi connectivity index (χ1) is 13.1. The predicted octanol–water partition coefficient (Wildman–Crippen LogP) is 0.679.